The van der Waals surface area contributed by atoms with Gasteiger partial charge >= 0.3 is 0 Å². The number of benzene rings is 1. The summed E-state index contributed by atoms with van der Waals surface area (Å²) in [6, 6.07) is 7.09. The molecule has 5 rings (SSSR count). The number of fused-ring (bicyclic) bond motifs is 1. The predicted molar refractivity (Wildman–Crippen MR) is 95.9 cm³/mol. The molecule has 3 N–H and O–H groups in total. The van der Waals surface area contributed by atoms with Crippen molar-refractivity contribution in [2.75, 3.05) is 6.54 Å². The van der Waals surface area contributed by atoms with Crippen LogP contribution in [0.15, 0.2) is 48.3 Å². The van der Waals surface area contributed by atoms with Crippen LogP contribution in [-0.2, 0) is 11.3 Å². The highest BCUT2D eigenvalue weighted by atomic mass is 19.3. The number of rotatable bonds is 5. The lowest BCUT2D eigenvalue weighted by atomic mass is 9.87. The summed E-state index contributed by atoms with van der Waals surface area (Å²) < 4.78 is 28.9. The van der Waals surface area contributed by atoms with Gasteiger partial charge in [-0.05, 0) is 54.2 Å². The summed E-state index contributed by atoms with van der Waals surface area (Å²) in [6.07, 6.45) is 8.58. The smallest absolute Gasteiger partial charge is 0.285 e. The molecule has 2 aliphatic carbocycles. The van der Waals surface area contributed by atoms with E-state index in [4.69, 9.17) is 5.73 Å². The van der Waals surface area contributed by atoms with E-state index in [1.165, 1.54) is 5.57 Å². The van der Waals surface area contributed by atoms with Gasteiger partial charge in [0.2, 0.25) is 0 Å². The van der Waals surface area contributed by atoms with Gasteiger partial charge in [0.05, 0.1) is 12.7 Å². The number of halogens is 2. The summed E-state index contributed by atoms with van der Waals surface area (Å²) in [5, 5.41) is 7.69. The average Bonchev–Trinajstić information content (AvgIpc) is 3.57. The molecule has 0 bridgehead atoms. The van der Waals surface area contributed by atoms with Crippen LogP contribution in [0.1, 0.15) is 30.4 Å². The second-order valence-electron chi connectivity index (χ2n) is 7.21. The number of nitrogens with one attached hydrogen (secondary N) is 1. The molecular formula is C20H18F2N4. The Morgan fingerprint density at radius 3 is 2.73 bits per heavy atom. The van der Waals surface area contributed by atoms with Crippen molar-refractivity contribution in [2.45, 2.75) is 30.6 Å². The Balaban J connectivity index is 1.73. The van der Waals surface area contributed by atoms with E-state index in [2.05, 4.69) is 21.3 Å². The van der Waals surface area contributed by atoms with E-state index >= 15 is 0 Å². The number of hydrogen-bond acceptors (Lipinski definition) is 3. The molecule has 1 saturated carbocycles. The standard InChI is InChI=1S/C20H18F2N4/c21-20(22,11-23)15-8-12(16-3-6-24-18-17(16)10-25-26-18)7-14(9-15)19(4-5-19)13-1-2-13/h1,3,6-10H,2,4-5,11,23H2,(H,24,25,26). The van der Waals surface area contributed by atoms with Gasteiger partial charge in [-0.1, -0.05) is 17.7 Å². The van der Waals surface area contributed by atoms with Gasteiger partial charge in [0.25, 0.3) is 5.92 Å². The summed E-state index contributed by atoms with van der Waals surface area (Å²) in [5.41, 5.74) is 9.89. The van der Waals surface area contributed by atoms with Gasteiger partial charge in [-0.3, -0.25) is 5.10 Å². The molecule has 0 spiro atoms. The van der Waals surface area contributed by atoms with Crippen LogP contribution >= 0.6 is 0 Å². The van der Waals surface area contributed by atoms with Crippen molar-refractivity contribution in [1.82, 2.24) is 15.2 Å². The summed E-state index contributed by atoms with van der Waals surface area (Å²) in [4.78, 5) is 4.24. The first-order valence-electron chi connectivity index (χ1n) is 8.75. The van der Waals surface area contributed by atoms with E-state index in [0.29, 0.717) is 5.65 Å². The highest BCUT2D eigenvalue weighted by molar-refractivity contribution is 5.92. The Morgan fingerprint density at radius 2 is 2.04 bits per heavy atom. The number of aromatic amines is 1. The number of nitrogens with two attached hydrogens (primary N) is 1. The summed E-state index contributed by atoms with van der Waals surface area (Å²) >= 11 is 0. The minimum Gasteiger partial charge on any atom is -0.325 e. The number of nitrogens with zero attached hydrogens (tertiary/aromatic N) is 2. The molecule has 0 aliphatic heterocycles. The molecule has 6 heteroatoms. The van der Waals surface area contributed by atoms with Gasteiger partial charge in [-0.2, -0.15) is 13.9 Å². The van der Waals surface area contributed by atoms with Crippen LogP contribution in [0.5, 0.6) is 0 Å². The van der Waals surface area contributed by atoms with E-state index < -0.39 is 12.5 Å². The van der Waals surface area contributed by atoms with Crippen molar-refractivity contribution >= 4 is 11.0 Å². The maximum atomic E-state index is 14.5. The number of aromatic nitrogens is 3. The molecule has 4 nitrogen and oxygen atoms in total. The minimum atomic E-state index is -3.05. The number of allylic oxidation sites excluding steroid dienone is 2. The van der Waals surface area contributed by atoms with Crippen molar-refractivity contribution in [3.8, 4) is 11.1 Å². The van der Waals surface area contributed by atoms with Crippen LogP contribution < -0.4 is 5.73 Å². The van der Waals surface area contributed by atoms with Crippen molar-refractivity contribution in [3.63, 3.8) is 0 Å². The fourth-order valence-corrected chi connectivity index (χ4v) is 3.85. The number of H-pyrrole nitrogens is 1. The molecule has 1 fully saturated rings. The zero-order valence-electron chi connectivity index (χ0n) is 14.1. The highest BCUT2D eigenvalue weighted by Gasteiger charge is 2.50. The summed E-state index contributed by atoms with van der Waals surface area (Å²) in [6.45, 7) is -0.705. The van der Waals surface area contributed by atoms with Crippen molar-refractivity contribution in [1.29, 1.82) is 0 Å². The SMILES string of the molecule is NCC(F)(F)c1cc(-c2ccnc3[nH]ncc23)cc(C2(C3=CC3)CC2)c1. The van der Waals surface area contributed by atoms with Crippen molar-refractivity contribution in [2.24, 2.45) is 5.73 Å². The second kappa shape index (κ2) is 5.20. The normalized spacial score (nSPS) is 18.0. The first-order valence-corrected chi connectivity index (χ1v) is 8.75. The second-order valence-corrected chi connectivity index (χ2v) is 7.21. The van der Waals surface area contributed by atoms with Crippen molar-refractivity contribution in [3.05, 3.63) is 59.4 Å². The van der Waals surface area contributed by atoms with Gasteiger partial charge in [0.15, 0.2) is 5.65 Å². The molecule has 0 unspecified atom stereocenters. The van der Waals surface area contributed by atoms with E-state index in [9.17, 15) is 8.78 Å². The van der Waals surface area contributed by atoms with Crippen LogP contribution in [-0.4, -0.2) is 21.7 Å². The predicted octanol–water partition coefficient (Wildman–Crippen LogP) is 4.04. The van der Waals surface area contributed by atoms with Crippen molar-refractivity contribution < 1.29 is 8.78 Å². The molecule has 0 radical (unpaired) electrons. The molecule has 3 aromatic rings. The molecule has 132 valence electrons. The van der Waals surface area contributed by atoms with Gasteiger partial charge in [-0.25, -0.2) is 4.98 Å². The molecule has 0 atom stereocenters. The molecule has 1 aromatic carbocycles. The zero-order chi connectivity index (χ0) is 17.9. The molecule has 0 amide bonds. The summed E-state index contributed by atoms with van der Waals surface area (Å²) in [5.74, 6) is -3.05. The highest BCUT2D eigenvalue weighted by Crippen LogP contribution is 2.59. The fraction of sp³-hybridized carbons (Fsp3) is 0.300. The molecule has 2 aromatic heterocycles. The first kappa shape index (κ1) is 15.6. The topological polar surface area (TPSA) is 67.6 Å². The minimum absolute atomic E-state index is 0.0199. The lowest BCUT2D eigenvalue weighted by Crippen LogP contribution is -2.25. The Kier molecular flexibility index (Phi) is 3.13. The maximum absolute atomic E-state index is 14.5. The fourth-order valence-electron chi connectivity index (χ4n) is 3.85. The quantitative estimate of drug-likeness (QED) is 0.681. The third-order valence-electron chi connectivity index (χ3n) is 5.60. The largest absolute Gasteiger partial charge is 0.325 e. The van der Waals surface area contributed by atoms with E-state index in [1.807, 2.05) is 12.1 Å². The Labute approximate surface area is 149 Å². The maximum Gasteiger partial charge on any atom is 0.285 e. The Hall–Kier alpha value is -2.60. The summed E-state index contributed by atoms with van der Waals surface area (Å²) in [7, 11) is 0. The van der Waals surface area contributed by atoms with Crippen LogP contribution in [0.4, 0.5) is 8.78 Å². The van der Waals surface area contributed by atoms with Crippen LogP contribution in [0.3, 0.4) is 0 Å². The molecule has 2 aliphatic rings. The van der Waals surface area contributed by atoms with E-state index in [1.54, 1.807) is 24.5 Å². The lowest BCUT2D eigenvalue weighted by molar-refractivity contribution is 0.00590. The van der Waals surface area contributed by atoms with E-state index in [-0.39, 0.29) is 11.0 Å². The zero-order valence-corrected chi connectivity index (χ0v) is 14.1. The molecule has 26 heavy (non-hydrogen) atoms. The van der Waals surface area contributed by atoms with E-state index in [0.717, 1.165) is 41.3 Å². The van der Waals surface area contributed by atoms with Gasteiger partial charge in [0, 0.05) is 22.6 Å². The molecular weight excluding hydrogens is 334 g/mol. The number of hydrogen-bond donors (Lipinski definition) is 2. The lowest BCUT2D eigenvalue weighted by Gasteiger charge is -2.21. The molecule has 0 saturated heterocycles. The number of alkyl halides is 2. The third kappa shape index (κ3) is 2.29. The van der Waals surface area contributed by atoms with Crippen LogP contribution in [0.2, 0.25) is 0 Å². The molecule has 2 heterocycles. The van der Waals surface area contributed by atoms with Gasteiger partial charge < -0.3 is 5.73 Å². The third-order valence-corrected chi connectivity index (χ3v) is 5.60. The Morgan fingerprint density at radius 1 is 1.23 bits per heavy atom. The Bertz CT molecular complexity index is 1050. The first-order chi connectivity index (χ1) is 12.5. The van der Waals surface area contributed by atoms with Crippen LogP contribution in [0.25, 0.3) is 22.2 Å². The average molecular weight is 352 g/mol. The van der Waals surface area contributed by atoms with Gasteiger partial charge in [-0.15, -0.1) is 0 Å². The van der Waals surface area contributed by atoms with Crippen LogP contribution in [0, 0.1) is 0 Å². The monoisotopic (exact) mass is 352 g/mol. The van der Waals surface area contributed by atoms with Gasteiger partial charge in [0.1, 0.15) is 0 Å². The number of pyridine rings is 1.